The molecule has 60 valence electrons. The smallest absolute Gasteiger partial charge is 0.214 e. The highest BCUT2D eigenvalue weighted by molar-refractivity contribution is 7.89. The minimum atomic E-state index is -2.93. The molecule has 1 saturated heterocycles. The van der Waals surface area contributed by atoms with Gasteiger partial charge < -0.3 is 5.73 Å². The lowest BCUT2D eigenvalue weighted by Crippen LogP contribution is -2.34. The van der Waals surface area contributed by atoms with Gasteiger partial charge in [-0.1, -0.05) is 0 Å². The Balaban J connectivity index is 2.77. The van der Waals surface area contributed by atoms with E-state index in [-0.39, 0.29) is 11.8 Å². The van der Waals surface area contributed by atoms with Crippen LogP contribution in [0.2, 0.25) is 0 Å². The Morgan fingerprint density at radius 2 is 2.30 bits per heavy atom. The molecule has 10 heavy (non-hydrogen) atoms. The van der Waals surface area contributed by atoms with E-state index in [0.29, 0.717) is 13.0 Å². The molecule has 0 aromatic rings. The average Bonchev–Trinajstić information content (AvgIpc) is 2.10. The lowest BCUT2D eigenvalue weighted by Gasteiger charge is -2.14. The molecule has 1 aliphatic rings. The van der Waals surface area contributed by atoms with Gasteiger partial charge >= 0.3 is 0 Å². The van der Waals surface area contributed by atoms with Crippen LogP contribution in [0.25, 0.3) is 0 Å². The minimum absolute atomic E-state index is 0.0324. The van der Waals surface area contributed by atoms with Crippen LogP contribution >= 0.6 is 0 Å². The van der Waals surface area contributed by atoms with Crippen molar-refractivity contribution in [3.63, 3.8) is 0 Å². The number of rotatable bonds is 1. The molecule has 1 unspecified atom stereocenters. The summed E-state index contributed by atoms with van der Waals surface area (Å²) in [5, 5.41) is 0. The Morgan fingerprint density at radius 1 is 1.70 bits per heavy atom. The Labute approximate surface area is 61.1 Å². The largest absolute Gasteiger partial charge is 0.329 e. The van der Waals surface area contributed by atoms with E-state index in [4.69, 9.17) is 5.73 Å². The Morgan fingerprint density at radius 3 is 2.50 bits per heavy atom. The third kappa shape index (κ3) is 1.16. The summed E-state index contributed by atoms with van der Waals surface area (Å²) in [6.07, 6.45) is 0.676. The highest BCUT2D eigenvalue weighted by Gasteiger charge is 2.32. The van der Waals surface area contributed by atoms with Gasteiger partial charge in [-0.2, -0.15) is 0 Å². The summed E-state index contributed by atoms with van der Waals surface area (Å²) < 4.78 is 23.4. The number of sulfonamides is 1. The van der Waals surface area contributed by atoms with Gasteiger partial charge in [-0.05, 0) is 6.42 Å². The fourth-order valence-electron chi connectivity index (χ4n) is 1.10. The molecule has 1 aliphatic heterocycles. The van der Waals surface area contributed by atoms with Crippen LogP contribution < -0.4 is 5.73 Å². The lowest BCUT2D eigenvalue weighted by molar-refractivity contribution is 0.403. The molecule has 1 fully saturated rings. The van der Waals surface area contributed by atoms with Crippen molar-refractivity contribution in [2.45, 2.75) is 12.5 Å². The number of hydrogen-bond donors (Lipinski definition) is 1. The van der Waals surface area contributed by atoms with Crippen LogP contribution in [0.4, 0.5) is 0 Å². The predicted octanol–water partition coefficient (Wildman–Crippen LogP) is -1.02. The molecule has 0 bridgehead atoms. The molecule has 1 heterocycles. The quantitative estimate of drug-likeness (QED) is 0.539. The Bertz CT molecular complexity index is 212. The topological polar surface area (TPSA) is 63.4 Å². The van der Waals surface area contributed by atoms with E-state index < -0.39 is 10.0 Å². The minimum Gasteiger partial charge on any atom is -0.329 e. The van der Waals surface area contributed by atoms with Gasteiger partial charge in [0.05, 0.1) is 5.75 Å². The first-order valence-corrected chi connectivity index (χ1v) is 4.84. The van der Waals surface area contributed by atoms with Gasteiger partial charge in [0.25, 0.3) is 0 Å². The summed E-state index contributed by atoms with van der Waals surface area (Å²) >= 11 is 0. The maximum Gasteiger partial charge on any atom is 0.214 e. The molecular formula is C5H12N2O2S. The van der Waals surface area contributed by atoms with E-state index in [1.807, 2.05) is 0 Å². The fraction of sp³-hybridized carbons (Fsp3) is 1.00. The first-order chi connectivity index (χ1) is 4.58. The van der Waals surface area contributed by atoms with Crippen LogP contribution in [0.3, 0.4) is 0 Å². The van der Waals surface area contributed by atoms with Crippen molar-refractivity contribution >= 4 is 10.0 Å². The normalized spacial score (nSPS) is 32.8. The summed E-state index contributed by atoms with van der Waals surface area (Å²) in [5.41, 5.74) is 5.34. The van der Waals surface area contributed by atoms with E-state index >= 15 is 0 Å². The fourth-order valence-corrected chi connectivity index (χ4v) is 2.61. The highest BCUT2D eigenvalue weighted by Crippen LogP contribution is 2.17. The zero-order valence-electron chi connectivity index (χ0n) is 5.95. The number of nitrogens with two attached hydrogens (primary N) is 1. The second-order valence-electron chi connectivity index (χ2n) is 2.51. The number of likely N-dealkylation sites (N-methyl/N-ethyl adjacent to an activating group) is 1. The summed E-state index contributed by atoms with van der Waals surface area (Å²) in [7, 11) is -1.35. The van der Waals surface area contributed by atoms with Crippen molar-refractivity contribution in [3.8, 4) is 0 Å². The molecule has 0 saturated carbocycles. The summed E-state index contributed by atoms with van der Waals surface area (Å²) in [6.45, 7) is 0.426. The molecule has 0 aromatic heterocycles. The summed E-state index contributed by atoms with van der Waals surface area (Å²) in [4.78, 5) is 0. The highest BCUT2D eigenvalue weighted by atomic mass is 32.2. The Kier molecular flexibility index (Phi) is 1.98. The zero-order chi connectivity index (χ0) is 7.78. The summed E-state index contributed by atoms with van der Waals surface area (Å²) in [6, 6.07) is 0.0324. The lowest BCUT2D eigenvalue weighted by atomic mass is 10.2. The standard InChI is InChI=1S/C5H12N2O2S/c1-7-5(4-6)2-3-10(7,8)9/h5H,2-4,6H2,1H3. The van der Waals surface area contributed by atoms with Crippen molar-refractivity contribution in [2.24, 2.45) is 5.73 Å². The van der Waals surface area contributed by atoms with Gasteiger partial charge in [0.1, 0.15) is 0 Å². The van der Waals surface area contributed by atoms with Gasteiger partial charge in [-0.25, -0.2) is 12.7 Å². The van der Waals surface area contributed by atoms with E-state index in [0.717, 1.165) is 0 Å². The van der Waals surface area contributed by atoms with Gasteiger partial charge in [0.2, 0.25) is 10.0 Å². The maximum absolute atomic E-state index is 11.0. The molecule has 0 aromatic carbocycles. The van der Waals surface area contributed by atoms with Crippen molar-refractivity contribution in [2.75, 3.05) is 19.3 Å². The molecule has 0 radical (unpaired) electrons. The number of nitrogens with zero attached hydrogens (tertiary/aromatic N) is 1. The van der Waals surface area contributed by atoms with E-state index in [9.17, 15) is 8.42 Å². The monoisotopic (exact) mass is 164 g/mol. The predicted molar refractivity (Wildman–Crippen MR) is 39.0 cm³/mol. The van der Waals surface area contributed by atoms with Crippen molar-refractivity contribution in [3.05, 3.63) is 0 Å². The second-order valence-corrected chi connectivity index (χ2v) is 4.66. The molecule has 4 nitrogen and oxygen atoms in total. The summed E-state index contributed by atoms with van der Waals surface area (Å²) in [5.74, 6) is 0.255. The van der Waals surface area contributed by atoms with Gasteiger partial charge in [-0.15, -0.1) is 0 Å². The molecule has 5 heteroatoms. The van der Waals surface area contributed by atoms with Crippen molar-refractivity contribution < 1.29 is 8.42 Å². The third-order valence-electron chi connectivity index (χ3n) is 1.93. The van der Waals surface area contributed by atoms with Gasteiger partial charge in [-0.3, -0.25) is 0 Å². The maximum atomic E-state index is 11.0. The van der Waals surface area contributed by atoms with E-state index in [1.54, 1.807) is 7.05 Å². The Hall–Kier alpha value is -0.130. The van der Waals surface area contributed by atoms with Crippen LogP contribution in [0.15, 0.2) is 0 Å². The SMILES string of the molecule is CN1C(CN)CCS1(=O)=O. The van der Waals surface area contributed by atoms with Crippen LogP contribution in [0, 0.1) is 0 Å². The first-order valence-electron chi connectivity index (χ1n) is 3.23. The second kappa shape index (κ2) is 2.48. The van der Waals surface area contributed by atoms with E-state index in [2.05, 4.69) is 0 Å². The molecule has 0 aliphatic carbocycles. The van der Waals surface area contributed by atoms with Crippen LogP contribution in [0.5, 0.6) is 0 Å². The van der Waals surface area contributed by atoms with Gasteiger partial charge in [0.15, 0.2) is 0 Å². The average molecular weight is 164 g/mol. The molecule has 0 spiro atoms. The molecule has 1 atom stereocenters. The van der Waals surface area contributed by atoms with Crippen molar-refractivity contribution in [1.82, 2.24) is 4.31 Å². The van der Waals surface area contributed by atoms with E-state index in [1.165, 1.54) is 4.31 Å². The molecular weight excluding hydrogens is 152 g/mol. The van der Waals surface area contributed by atoms with Gasteiger partial charge in [0, 0.05) is 19.6 Å². The molecule has 0 amide bonds. The molecule has 2 N–H and O–H groups in total. The first kappa shape index (κ1) is 7.97. The number of hydrogen-bond acceptors (Lipinski definition) is 3. The van der Waals surface area contributed by atoms with Crippen LogP contribution in [-0.4, -0.2) is 38.1 Å². The van der Waals surface area contributed by atoms with Crippen LogP contribution in [0.1, 0.15) is 6.42 Å². The third-order valence-corrected chi connectivity index (χ3v) is 3.86. The molecule has 1 rings (SSSR count). The zero-order valence-corrected chi connectivity index (χ0v) is 6.76. The van der Waals surface area contributed by atoms with Crippen molar-refractivity contribution in [1.29, 1.82) is 0 Å². The van der Waals surface area contributed by atoms with Crippen LogP contribution in [-0.2, 0) is 10.0 Å².